The molecule has 120 valence electrons. The molecule has 1 atom stereocenters. The van der Waals surface area contributed by atoms with Crippen molar-refractivity contribution >= 4 is 17.5 Å². The molecule has 0 saturated heterocycles. The zero-order valence-corrected chi connectivity index (χ0v) is 13.7. The minimum Gasteiger partial charge on any atom is -0.484 e. The van der Waals surface area contributed by atoms with Crippen LogP contribution in [0.4, 0.5) is 0 Å². The van der Waals surface area contributed by atoms with E-state index in [9.17, 15) is 4.79 Å². The summed E-state index contributed by atoms with van der Waals surface area (Å²) in [6.45, 7) is 0.690. The monoisotopic (exact) mass is 329 g/mol. The van der Waals surface area contributed by atoms with Gasteiger partial charge in [-0.05, 0) is 54.7 Å². The van der Waals surface area contributed by atoms with E-state index in [-0.39, 0.29) is 12.5 Å². The van der Waals surface area contributed by atoms with E-state index in [1.54, 1.807) is 24.3 Å². The van der Waals surface area contributed by atoms with Crippen LogP contribution in [0.2, 0.25) is 5.02 Å². The Labute approximate surface area is 141 Å². The number of fused-ring (bicyclic) bond motifs is 1. The number of carbonyl (C=O) groups is 1. The molecular formula is C19H20ClNO2. The highest BCUT2D eigenvalue weighted by Gasteiger charge is 2.20. The molecule has 4 heteroatoms. The first-order valence-corrected chi connectivity index (χ1v) is 8.33. The number of benzene rings is 2. The van der Waals surface area contributed by atoms with Crippen molar-refractivity contribution in [2.45, 2.75) is 25.2 Å². The molecule has 0 saturated carbocycles. The maximum absolute atomic E-state index is 12.0. The third kappa shape index (κ3) is 4.26. The smallest absolute Gasteiger partial charge is 0.257 e. The molecule has 1 aliphatic carbocycles. The van der Waals surface area contributed by atoms with Crippen molar-refractivity contribution < 1.29 is 9.53 Å². The third-order valence-corrected chi connectivity index (χ3v) is 4.47. The highest BCUT2D eigenvalue weighted by molar-refractivity contribution is 6.30. The fourth-order valence-electron chi connectivity index (χ4n) is 3.03. The van der Waals surface area contributed by atoms with Gasteiger partial charge in [-0.3, -0.25) is 4.79 Å². The van der Waals surface area contributed by atoms with E-state index in [0.717, 1.165) is 12.8 Å². The molecule has 3 nitrogen and oxygen atoms in total. The van der Waals surface area contributed by atoms with Gasteiger partial charge in [-0.1, -0.05) is 35.9 Å². The van der Waals surface area contributed by atoms with Crippen molar-refractivity contribution in [2.75, 3.05) is 13.2 Å². The Morgan fingerprint density at radius 2 is 1.96 bits per heavy atom. The predicted octanol–water partition coefficient (Wildman–Crippen LogP) is 3.96. The van der Waals surface area contributed by atoms with E-state index in [1.165, 1.54) is 17.5 Å². The lowest BCUT2D eigenvalue weighted by Gasteiger charge is -2.25. The van der Waals surface area contributed by atoms with E-state index in [1.807, 2.05) is 0 Å². The molecule has 3 rings (SSSR count). The molecular weight excluding hydrogens is 310 g/mol. The van der Waals surface area contributed by atoms with Gasteiger partial charge in [0.05, 0.1) is 0 Å². The molecule has 0 bridgehead atoms. The maximum Gasteiger partial charge on any atom is 0.257 e. The Bertz CT molecular complexity index is 669. The van der Waals surface area contributed by atoms with Gasteiger partial charge in [0.1, 0.15) is 5.75 Å². The molecule has 0 aliphatic heterocycles. The normalized spacial score (nSPS) is 16.5. The Balaban J connectivity index is 1.49. The predicted molar refractivity (Wildman–Crippen MR) is 92.1 cm³/mol. The second-order valence-electron chi connectivity index (χ2n) is 5.83. The number of carbonyl (C=O) groups excluding carboxylic acids is 1. The molecule has 0 heterocycles. The molecule has 0 spiro atoms. The number of rotatable bonds is 5. The van der Waals surface area contributed by atoms with Gasteiger partial charge in [0.25, 0.3) is 5.91 Å². The number of halogens is 1. The number of aryl methyl sites for hydroxylation is 1. The topological polar surface area (TPSA) is 38.3 Å². The Morgan fingerprint density at radius 3 is 2.78 bits per heavy atom. The zero-order valence-electron chi connectivity index (χ0n) is 12.9. The second kappa shape index (κ2) is 7.51. The van der Waals surface area contributed by atoms with E-state index in [2.05, 4.69) is 29.6 Å². The first-order chi connectivity index (χ1) is 11.2. The fourth-order valence-corrected chi connectivity index (χ4v) is 3.16. The van der Waals surface area contributed by atoms with Gasteiger partial charge in [0.15, 0.2) is 6.61 Å². The summed E-state index contributed by atoms with van der Waals surface area (Å²) in [5.74, 6) is 0.954. The molecule has 1 unspecified atom stereocenters. The zero-order chi connectivity index (χ0) is 16.1. The quantitative estimate of drug-likeness (QED) is 0.901. The van der Waals surface area contributed by atoms with Gasteiger partial charge in [-0.2, -0.15) is 0 Å². The largest absolute Gasteiger partial charge is 0.484 e. The lowest BCUT2D eigenvalue weighted by atomic mass is 9.83. The first kappa shape index (κ1) is 15.9. The molecule has 0 radical (unpaired) electrons. The van der Waals surface area contributed by atoms with Crippen LogP contribution in [0.1, 0.15) is 29.9 Å². The van der Waals surface area contributed by atoms with Crippen molar-refractivity contribution in [1.29, 1.82) is 0 Å². The van der Waals surface area contributed by atoms with E-state index in [4.69, 9.17) is 16.3 Å². The van der Waals surface area contributed by atoms with Crippen LogP contribution in [-0.2, 0) is 11.2 Å². The van der Waals surface area contributed by atoms with Crippen molar-refractivity contribution in [3.8, 4) is 5.75 Å². The number of nitrogens with one attached hydrogen (secondary N) is 1. The van der Waals surface area contributed by atoms with Crippen molar-refractivity contribution in [3.63, 3.8) is 0 Å². The standard InChI is InChI=1S/C19H20ClNO2/c20-16-8-10-17(11-9-16)23-13-19(22)21-12-15-6-3-5-14-4-1-2-7-18(14)15/h1-2,4,7-11,15H,3,5-6,12-13H2,(H,21,22). The van der Waals surface area contributed by atoms with Crippen LogP contribution >= 0.6 is 11.6 Å². The molecule has 1 amide bonds. The summed E-state index contributed by atoms with van der Waals surface area (Å²) in [6, 6.07) is 15.5. The summed E-state index contributed by atoms with van der Waals surface area (Å²) in [4.78, 5) is 12.0. The minimum atomic E-state index is -0.0944. The van der Waals surface area contributed by atoms with Crippen LogP contribution in [0, 0.1) is 0 Å². The summed E-state index contributed by atoms with van der Waals surface area (Å²) in [6.07, 6.45) is 3.44. The summed E-state index contributed by atoms with van der Waals surface area (Å²) < 4.78 is 5.46. The molecule has 0 fully saturated rings. The van der Waals surface area contributed by atoms with Crippen molar-refractivity contribution in [2.24, 2.45) is 0 Å². The van der Waals surface area contributed by atoms with Crippen LogP contribution in [0.15, 0.2) is 48.5 Å². The van der Waals surface area contributed by atoms with Gasteiger partial charge in [0, 0.05) is 17.5 Å². The summed E-state index contributed by atoms with van der Waals surface area (Å²) in [5, 5.41) is 3.64. The van der Waals surface area contributed by atoms with E-state index < -0.39 is 0 Å². The van der Waals surface area contributed by atoms with Gasteiger partial charge >= 0.3 is 0 Å². The second-order valence-corrected chi connectivity index (χ2v) is 6.27. The Hall–Kier alpha value is -2.00. The van der Waals surface area contributed by atoms with Crippen LogP contribution in [0.3, 0.4) is 0 Å². The molecule has 1 aliphatic rings. The number of amides is 1. The summed E-state index contributed by atoms with van der Waals surface area (Å²) >= 11 is 5.82. The third-order valence-electron chi connectivity index (χ3n) is 4.22. The average molecular weight is 330 g/mol. The fraction of sp³-hybridized carbons (Fsp3) is 0.316. The van der Waals surface area contributed by atoms with E-state index in [0.29, 0.717) is 23.2 Å². The number of hydrogen-bond donors (Lipinski definition) is 1. The van der Waals surface area contributed by atoms with Gasteiger partial charge in [-0.25, -0.2) is 0 Å². The minimum absolute atomic E-state index is 0.0238. The van der Waals surface area contributed by atoms with Crippen LogP contribution < -0.4 is 10.1 Å². The lowest BCUT2D eigenvalue weighted by Crippen LogP contribution is -2.33. The molecule has 0 aromatic heterocycles. The summed E-state index contributed by atoms with van der Waals surface area (Å²) in [7, 11) is 0. The SMILES string of the molecule is O=C(COc1ccc(Cl)cc1)NCC1CCCc2ccccc21. The summed E-state index contributed by atoms with van der Waals surface area (Å²) in [5.41, 5.74) is 2.79. The van der Waals surface area contributed by atoms with Gasteiger partial charge in [0.2, 0.25) is 0 Å². The molecule has 1 N–H and O–H groups in total. The molecule has 2 aromatic rings. The Kier molecular flexibility index (Phi) is 5.19. The number of ether oxygens (including phenoxy) is 1. The average Bonchev–Trinajstić information content (AvgIpc) is 2.59. The van der Waals surface area contributed by atoms with Crippen molar-refractivity contribution in [3.05, 3.63) is 64.7 Å². The number of hydrogen-bond acceptors (Lipinski definition) is 2. The highest BCUT2D eigenvalue weighted by atomic mass is 35.5. The van der Waals surface area contributed by atoms with Crippen LogP contribution in [0.5, 0.6) is 5.75 Å². The Morgan fingerprint density at radius 1 is 1.17 bits per heavy atom. The van der Waals surface area contributed by atoms with Gasteiger partial charge in [-0.15, -0.1) is 0 Å². The van der Waals surface area contributed by atoms with E-state index >= 15 is 0 Å². The van der Waals surface area contributed by atoms with Gasteiger partial charge < -0.3 is 10.1 Å². The maximum atomic E-state index is 12.0. The van der Waals surface area contributed by atoms with Crippen molar-refractivity contribution in [1.82, 2.24) is 5.32 Å². The van der Waals surface area contributed by atoms with Crippen LogP contribution in [-0.4, -0.2) is 19.1 Å². The highest BCUT2D eigenvalue weighted by Crippen LogP contribution is 2.30. The first-order valence-electron chi connectivity index (χ1n) is 7.95. The lowest BCUT2D eigenvalue weighted by molar-refractivity contribution is -0.123. The molecule has 23 heavy (non-hydrogen) atoms. The van der Waals surface area contributed by atoms with Crippen LogP contribution in [0.25, 0.3) is 0 Å². The molecule has 2 aromatic carbocycles.